The van der Waals surface area contributed by atoms with Crippen LogP contribution in [0, 0.1) is 6.07 Å². The smallest absolute Gasteiger partial charge is 0.0506 e. The van der Waals surface area contributed by atoms with Gasteiger partial charge in [-0.05, 0) is 19.1 Å². The number of rotatable bonds is 1. The lowest BCUT2D eigenvalue weighted by molar-refractivity contribution is 0.797. The van der Waals surface area contributed by atoms with Gasteiger partial charge in [0, 0.05) is 24.2 Å². The normalized spacial score (nSPS) is 10.8. The van der Waals surface area contributed by atoms with Crippen molar-refractivity contribution in [3.63, 3.8) is 0 Å². The van der Waals surface area contributed by atoms with E-state index in [2.05, 4.69) is 23.6 Å². The zero-order chi connectivity index (χ0) is 8.55. The van der Waals surface area contributed by atoms with E-state index in [-0.39, 0.29) is 0 Å². The predicted octanol–water partition coefficient (Wildman–Crippen LogP) is 3.11. The van der Waals surface area contributed by atoms with Crippen molar-refractivity contribution in [2.75, 3.05) is 0 Å². The number of hydrogen-bond donors (Lipinski definition) is 0. The molecule has 2 heteroatoms. The van der Waals surface area contributed by atoms with Gasteiger partial charge in [0.25, 0.3) is 0 Å². The standard InChI is InChI=1S/C10H9ClN/c1-2-12-7-6-8-9(11)4-3-5-10(8)12/h3-5,7H,2H2,1H3. The average molecular weight is 179 g/mol. The zero-order valence-electron chi connectivity index (χ0n) is 6.84. The summed E-state index contributed by atoms with van der Waals surface area (Å²) in [6.45, 7) is 3.06. The molecule has 1 radical (unpaired) electrons. The second-order valence-corrected chi connectivity index (χ2v) is 3.10. The van der Waals surface area contributed by atoms with Gasteiger partial charge in [0.15, 0.2) is 0 Å². The van der Waals surface area contributed by atoms with Crippen LogP contribution in [0.2, 0.25) is 5.02 Å². The van der Waals surface area contributed by atoms with E-state index in [9.17, 15) is 0 Å². The first kappa shape index (κ1) is 7.69. The fourth-order valence-electron chi connectivity index (χ4n) is 1.37. The summed E-state index contributed by atoms with van der Waals surface area (Å²) in [6, 6.07) is 9.05. The largest absolute Gasteiger partial charge is 0.347 e. The van der Waals surface area contributed by atoms with Crippen molar-refractivity contribution in [3.8, 4) is 0 Å². The van der Waals surface area contributed by atoms with Crippen LogP contribution >= 0.6 is 11.6 Å². The lowest BCUT2D eigenvalue weighted by Gasteiger charge is -1.99. The van der Waals surface area contributed by atoms with Crippen LogP contribution in [0.1, 0.15) is 6.92 Å². The van der Waals surface area contributed by atoms with Gasteiger partial charge in [-0.1, -0.05) is 17.7 Å². The Labute approximate surface area is 76.6 Å². The summed E-state index contributed by atoms with van der Waals surface area (Å²) in [7, 11) is 0. The quantitative estimate of drug-likeness (QED) is 0.633. The van der Waals surface area contributed by atoms with E-state index in [1.807, 2.05) is 18.3 Å². The van der Waals surface area contributed by atoms with Crippen LogP contribution in [-0.2, 0) is 6.54 Å². The van der Waals surface area contributed by atoms with Gasteiger partial charge >= 0.3 is 0 Å². The van der Waals surface area contributed by atoms with Gasteiger partial charge in [-0.15, -0.1) is 0 Å². The molecule has 0 saturated heterocycles. The van der Waals surface area contributed by atoms with Gasteiger partial charge < -0.3 is 4.57 Å². The molecule has 0 fully saturated rings. The first-order valence-corrected chi connectivity index (χ1v) is 4.35. The fourth-order valence-corrected chi connectivity index (χ4v) is 1.59. The van der Waals surface area contributed by atoms with Crippen molar-refractivity contribution < 1.29 is 0 Å². The summed E-state index contributed by atoms with van der Waals surface area (Å²) < 4.78 is 2.13. The molecule has 1 aromatic carbocycles. The molecule has 0 atom stereocenters. The Morgan fingerprint density at radius 2 is 2.33 bits per heavy atom. The SMILES string of the molecule is CCn1c[c]c2c(Cl)cccc21. The lowest BCUT2D eigenvalue weighted by atomic mass is 10.2. The highest BCUT2D eigenvalue weighted by atomic mass is 35.5. The minimum absolute atomic E-state index is 0.778. The summed E-state index contributed by atoms with van der Waals surface area (Å²) in [6.07, 6.45) is 1.94. The third-order valence-corrected chi connectivity index (χ3v) is 2.32. The molecule has 1 heterocycles. The molecule has 0 N–H and O–H groups in total. The first-order valence-electron chi connectivity index (χ1n) is 3.98. The fraction of sp³-hybridized carbons (Fsp3) is 0.200. The van der Waals surface area contributed by atoms with Crippen LogP contribution in [0.3, 0.4) is 0 Å². The number of aryl methyl sites for hydroxylation is 1. The van der Waals surface area contributed by atoms with E-state index in [1.54, 1.807) is 0 Å². The van der Waals surface area contributed by atoms with E-state index in [4.69, 9.17) is 11.6 Å². The molecule has 0 aliphatic carbocycles. The van der Waals surface area contributed by atoms with E-state index < -0.39 is 0 Å². The van der Waals surface area contributed by atoms with Gasteiger partial charge in [-0.2, -0.15) is 0 Å². The van der Waals surface area contributed by atoms with Gasteiger partial charge in [-0.3, -0.25) is 0 Å². The summed E-state index contributed by atoms with van der Waals surface area (Å²) in [5, 5.41) is 1.79. The molecule has 2 rings (SSSR count). The Balaban J connectivity index is 2.80. The molecule has 0 unspecified atom stereocenters. The summed E-state index contributed by atoms with van der Waals surface area (Å²) in [5.41, 5.74) is 1.16. The zero-order valence-corrected chi connectivity index (χ0v) is 7.60. The highest BCUT2D eigenvalue weighted by molar-refractivity contribution is 6.35. The Bertz CT molecular complexity index is 403. The Morgan fingerprint density at radius 3 is 3.08 bits per heavy atom. The molecule has 2 aromatic rings. The van der Waals surface area contributed by atoms with Crippen molar-refractivity contribution in [2.45, 2.75) is 13.5 Å². The van der Waals surface area contributed by atoms with Crippen LogP contribution < -0.4 is 0 Å². The number of benzene rings is 1. The number of fused-ring (bicyclic) bond motifs is 1. The van der Waals surface area contributed by atoms with E-state index in [0.29, 0.717) is 0 Å². The van der Waals surface area contributed by atoms with Crippen LogP contribution in [0.25, 0.3) is 10.9 Å². The number of aromatic nitrogens is 1. The molecule has 0 aliphatic rings. The molecule has 0 amide bonds. The first-order chi connectivity index (χ1) is 5.83. The molecule has 0 spiro atoms. The van der Waals surface area contributed by atoms with Crippen molar-refractivity contribution in [2.24, 2.45) is 0 Å². The molecular formula is C10H9ClN. The second kappa shape index (κ2) is 2.83. The maximum absolute atomic E-state index is 5.98. The molecule has 0 bridgehead atoms. The Kier molecular flexibility index (Phi) is 1.81. The molecule has 0 saturated carbocycles. The van der Waals surface area contributed by atoms with E-state index in [1.165, 1.54) is 0 Å². The summed E-state index contributed by atoms with van der Waals surface area (Å²) in [4.78, 5) is 0. The number of halogens is 1. The summed E-state index contributed by atoms with van der Waals surface area (Å²) >= 11 is 5.98. The lowest BCUT2D eigenvalue weighted by Crippen LogP contribution is -1.89. The van der Waals surface area contributed by atoms with E-state index in [0.717, 1.165) is 22.5 Å². The summed E-state index contributed by atoms with van der Waals surface area (Å²) in [5.74, 6) is 0. The van der Waals surface area contributed by atoms with Crippen LogP contribution in [0.15, 0.2) is 24.4 Å². The van der Waals surface area contributed by atoms with Crippen molar-refractivity contribution in [3.05, 3.63) is 35.5 Å². The highest BCUT2D eigenvalue weighted by Gasteiger charge is 2.01. The van der Waals surface area contributed by atoms with Crippen molar-refractivity contribution in [1.29, 1.82) is 0 Å². The molecule has 1 aromatic heterocycles. The molecule has 0 aliphatic heterocycles. The average Bonchev–Trinajstić information content (AvgIpc) is 2.49. The molecular weight excluding hydrogens is 170 g/mol. The van der Waals surface area contributed by atoms with Gasteiger partial charge in [-0.25, -0.2) is 0 Å². The highest BCUT2D eigenvalue weighted by Crippen LogP contribution is 2.23. The number of hydrogen-bond acceptors (Lipinski definition) is 0. The maximum atomic E-state index is 5.98. The minimum Gasteiger partial charge on any atom is -0.347 e. The Morgan fingerprint density at radius 1 is 1.50 bits per heavy atom. The topological polar surface area (TPSA) is 4.93 Å². The van der Waals surface area contributed by atoms with Crippen LogP contribution in [-0.4, -0.2) is 4.57 Å². The monoisotopic (exact) mass is 178 g/mol. The molecule has 61 valence electrons. The second-order valence-electron chi connectivity index (χ2n) is 2.69. The third kappa shape index (κ3) is 1.01. The predicted molar refractivity (Wildman–Crippen MR) is 51.5 cm³/mol. The molecule has 1 nitrogen and oxygen atoms in total. The van der Waals surface area contributed by atoms with Gasteiger partial charge in [0.2, 0.25) is 0 Å². The third-order valence-electron chi connectivity index (χ3n) is 2.01. The maximum Gasteiger partial charge on any atom is 0.0506 e. The van der Waals surface area contributed by atoms with Crippen molar-refractivity contribution in [1.82, 2.24) is 4.57 Å². The number of nitrogens with zero attached hydrogens (tertiary/aromatic N) is 1. The van der Waals surface area contributed by atoms with E-state index >= 15 is 0 Å². The van der Waals surface area contributed by atoms with Crippen molar-refractivity contribution >= 4 is 22.5 Å². The molecule has 12 heavy (non-hydrogen) atoms. The van der Waals surface area contributed by atoms with Gasteiger partial charge in [0.05, 0.1) is 10.5 Å². The van der Waals surface area contributed by atoms with Crippen LogP contribution in [0.4, 0.5) is 0 Å². The Hall–Kier alpha value is -0.950. The minimum atomic E-state index is 0.778. The van der Waals surface area contributed by atoms with Crippen LogP contribution in [0.5, 0.6) is 0 Å². The van der Waals surface area contributed by atoms with Gasteiger partial charge in [0.1, 0.15) is 0 Å².